The van der Waals surface area contributed by atoms with E-state index in [2.05, 4.69) is 20.0 Å². The average Bonchev–Trinajstić information content (AvgIpc) is 2.68. The molecular formula is C22H24N4O4S. The lowest BCUT2D eigenvalue weighted by Crippen LogP contribution is -2.20. The molecule has 0 aliphatic heterocycles. The quantitative estimate of drug-likeness (QED) is 0.582. The van der Waals surface area contributed by atoms with Crippen molar-refractivity contribution in [3.8, 4) is 5.75 Å². The Hall–Kier alpha value is -3.46. The first kappa shape index (κ1) is 22.2. The smallest absolute Gasteiger partial charge is 0.263 e. The van der Waals surface area contributed by atoms with Gasteiger partial charge in [-0.25, -0.2) is 18.4 Å². The largest absolute Gasteiger partial charge is 0.483 e. The van der Waals surface area contributed by atoms with Gasteiger partial charge in [0, 0.05) is 17.4 Å². The van der Waals surface area contributed by atoms with Crippen molar-refractivity contribution in [1.29, 1.82) is 0 Å². The normalized spacial score (nSPS) is 11.1. The Morgan fingerprint density at radius 1 is 0.968 bits per heavy atom. The highest BCUT2D eigenvalue weighted by Gasteiger charge is 2.16. The molecule has 0 aliphatic carbocycles. The van der Waals surface area contributed by atoms with Gasteiger partial charge >= 0.3 is 0 Å². The molecule has 1 amide bonds. The van der Waals surface area contributed by atoms with Crippen molar-refractivity contribution in [2.75, 3.05) is 16.6 Å². The zero-order chi connectivity index (χ0) is 22.6. The Balaban J connectivity index is 1.62. The molecule has 8 nitrogen and oxygen atoms in total. The van der Waals surface area contributed by atoms with Gasteiger partial charge in [0.25, 0.3) is 15.9 Å². The van der Waals surface area contributed by atoms with Crippen molar-refractivity contribution >= 4 is 27.4 Å². The third kappa shape index (κ3) is 6.02. The summed E-state index contributed by atoms with van der Waals surface area (Å²) in [4.78, 5) is 20.4. The first-order chi connectivity index (χ1) is 14.6. The number of hydrogen-bond donors (Lipinski definition) is 2. The zero-order valence-corrected chi connectivity index (χ0v) is 18.6. The van der Waals surface area contributed by atoms with E-state index in [1.54, 1.807) is 19.9 Å². The van der Waals surface area contributed by atoms with Gasteiger partial charge in [-0.2, -0.15) is 0 Å². The summed E-state index contributed by atoms with van der Waals surface area (Å²) in [6, 6.07) is 13.2. The second-order valence-electron chi connectivity index (χ2n) is 7.18. The Morgan fingerprint density at radius 2 is 1.68 bits per heavy atom. The third-order valence-electron chi connectivity index (χ3n) is 4.36. The number of aromatic nitrogens is 2. The summed E-state index contributed by atoms with van der Waals surface area (Å²) in [7, 11) is -3.82. The van der Waals surface area contributed by atoms with E-state index in [9.17, 15) is 13.2 Å². The van der Waals surface area contributed by atoms with E-state index in [0.29, 0.717) is 23.0 Å². The number of amides is 1. The van der Waals surface area contributed by atoms with Crippen molar-refractivity contribution in [1.82, 2.24) is 9.97 Å². The standard InChI is InChI=1S/C22H24N4O4S/c1-14-5-6-15(2)20(11-14)30-13-22(27)25-18-7-9-19(10-8-18)31(28,29)26-21-12-16(3)23-17(4)24-21/h5-12H,13H2,1-4H3,(H,25,27)(H,23,24,26). The maximum Gasteiger partial charge on any atom is 0.263 e. The number of ether oxygens (including phenoxy) is 1. The Kier molecular flexibility index (Phi) is 6.55. The van der Waals surface area contributed by atoms with Crippen molar-refractivity contribution in [3.63, 3.8) is 0 Å². The number of nitrogens with zero attached hydrogens (tertiary/aromatic N) is 2. The molecule has 0 fully saturated rings. The number of benzene rings is 2. The molecule has 1 heterocycles. The lowest BCUT2D eigenvalue weighted by molar-refractivity contribution is -0.118. The molecular weight excluding hydrogens is 416 g/mol. The lowest BCUT2D eigenvalue weighted by atomic mass is 10.1. The van der Waals surface area contributed by atoms with Crippen molar-refractivity contribution in [3.05, 3.63) is 71.2 Å². The van der Waals surface area contributed by atoms with E-state index >= 15 is 0 Å². The molecule has 1 aromatic heterocycles. The van der Waals surface area contributed by atoms with Gasteiger partial charge in [0.15, 0.2) is 6.61 Å². The Morgan fingerprint density at radius 3 is 2.35 bits per heavy atom. The van der Waals surface area contributed by atoms with Gasteiger partial charge in [-0.3, -0.25) is 9.52 Å². The van der Waals surface area contributed by atoms with E-state index in [1.807, 2.05) is 32.0 Å². The van der Waals surface area contributed by atoms with Crippen molar-refractivity contribution in [2.24, 2.45) is 0 Å². The van der Waals surface area contributed by atoms with E-state index in [1.165, 1.54) is 24.3 Å². The molecule has 0 aliphatic rings. The summed E-state index contributed by atoms with van der Waals surface area (Å²) in [6.07, 6.45) is 0. The van der Waals surface area contributed by atoms with Crippen LogP contribution in [0, 0.1) is 27.7 Å². The highest BCUT2D eigenvalue weighted by atomic mass is 32.2. The first-order valence-corrected chi connectivity index (χ1v) is 11.1. The van der Waals surface area contributed by atoms with Crippen LogP contribution in [0.4, 0.5) is 11.5 Å². The van der Waals surface area contributed by atoms with Crippen LogP contribution in [-0.4, -0.2) is 30.9 Å². The molecule has 3 aromatic rings. The summed E-state index contributed by atoms with van der Waals surface area (Å²) >= 11 is 0. The fourth-order valence-electron chi connectivity index (χ4n) is 2.89. The SMILES string of the molecule is Cc1ccc(C)c(OCC(=O)Nc2ccc(S(=O)(=O)Nc3cc(C)nc(C)n3)cc2)c1. The van der Waals surface area contributed by atoms with Crippen molar-refractivity contribution < 1.29 is 17.9 Å². The highest BCUT2D eigenvalue weighted by Crippen LogP contribution is 2.20. The van der Waals surface area contributed by atoms with Gasteiger partial charge in [-0.1, -0.05) is 12.1 Å². The third-order valence-corrected chi connectivity index (χ3v) is 5.73. The van der Waals surface area contributed by atoms with Gasteiger partial charge in [0.2, 0.25) is 0 Å². The number of hydrogen-bond acceptors (Lipinski definition) is 6. The molecule has 3 rings (SSSR count). The molecule has 162 valence electrons. The molecule has 2 N–H and O–H groups in total. The van der Waals surface area contributed by atoms with Crippen LogP contribution in [0.25, 0.3) is 0 Å². The number of carbonyl (C=O) groups excluding carboxylic acids is 1. The molecule has 0 bridgehead atoms. The monoisotopic (exact) mass is 440 g/mol. The van der Waals surface area contributed by atoms with Gasteiger partial charge in [-0.15, -0.1) is 0 Å². The van der Waals surface area contributed by atoms with E-state index < -0.39 is 10.0 Å². The minimum Gasteiger partial charge on any atom is -0.483 e. The van der Waals surface area contributed by atoms with Crippen molar-refractivity contribution in [2.45, 2.75) is 32.6 Å². The van der Waals surface area contributed by atoms with Gasteiger partial charge in [0.1, 0.15) is 17.4 Å². The topological polar surface area (TPSA) is 110 Å². The number of carbonyl (C=O) groups is 1. The van der Waals surface area contributed by atoms with Crippen LogP contribution in [0.5, 0.6) is 5.75 Å². The van der Waals surface area contributed by atoms with E-state index in [0.717, 1.165) is 11.1 Å². The highest BCUT2D eigenvalue weighted by molar-refractivity contribution is 7.92. The summed E-state index contributed by atoms with van der Waals surface area (Å²) in [5, 5.41) is 2.69. The molecule has 0 unspecified atom stereocenters. The van der Waals surface area contributed by atoms with Gasteiger partial charge in [-0.05, 0) is 69.2 Å². The van der Waals surface area contributed by atoms with Crippen LogP contribution in [0.1, 0.15) is 22.6 Å². The van der Waals surface area contributed by atoms with Crippen LogP contribution in [0.2, 0.25) is 0 Å². The van der Waals surface area contributed by atoms with Gasteiger partial charge in [0.05, 0.1) is 4.90 Å². The van der Waals surface area contributed by atoms with Crippen LogP contribution in [-0.2, 0) is 14.8 Å². The molecule has 31 heavy (non-hydrogen) atoms. The number of aryl methyl sites for hydroxylation is 4. The molecule has 0 spiro atoms. The predicted octanol–water partition coefficient (Wildman–Crippen LogP) is 3.53. The first-order valence-electron chi connectivity index (χ1n) is 9.57. The minimum atomic E-state index is -3.82. The molecule has 0 atom stereocenters. The number of rotatable bonds is 7. The predicted molar refractivity (Wildman–Crippen MR) is 119 cm³/mol. The number of anilines is 2. The second-order valence-corrected chi connectivity index (χ2v) is 8.86. The molecule has 2 aromatic carbocycles. The summed E-state index contributed by atoms with van der Waals surface area (Å²) in [5.74, 6) is 0.976. The van der Waals surface area contributed by atoms with Crippen LogP contribution >= 0.6 is 0 Å². The maximum absolute atomic E-state index is 12.6. The maximum atomic E-state index is 12.6. The fourth-order valence-corrected chi connectivity index (χ4v) is 3.88. The lowest BCUT2D eigenvalue weighted by Gasteiger charge is -2.11. The summed E-state index contributed by atoms with van der Waals surface area (Å²) in [5.41, 5.74) is 3.10. The van der Waals surface area contributed by atoms with Crippen LogP contribution in [0.15, 0.2) is 53.4 Å². The van der Waals surface area contributed by atoms with E-state index in [4.69, 9.17) is 4.74 Å². The van der Waals surface area contributed by atoms with Crippen LogP contribution < -0.4 is 14.8 Å². The molecule has 0 saturated carbocycles. The average molecular weight is 441 g/mol. The Bertz CT molecular complexity index is 1190. The Labute approximate surface area is 181 Å². The van der Waals surface area contributed by atoms with E-state index in [-0.39, 0.29) is 23.2 Å². The van der Waals surface area contributed by atoms with Crippen LogP contribution in [0.3, 0.4) is 0 Å². The fraction of sp³-hybridized carbons (Fsp3) is 0.227. The van der Waals surface area contributed by atoms with Gasteiger partial charge < -0.3 is 10.1 Å². The summed E-state index contributed by atoms with van der Waals surface area (Å²) < 4.78 is 33.2. The number of nitrogens with one attached hydrogen (secondary N) is 2. The number of sulfonamides is 1. The second kappa shape index (κ2) is 9.13. The zero-order valence-electron chi connectivity index (χ0n) is 17.8. The minimum absolute atomic E-state index is 0.0473. The molecule has 0 saturated heterocycles. The molecule has 9 heteroatoms. The molecule has 0 radical (unpaired) electrons. The summed E-state index contributed by atoms with van der Waals surface area (Å²) in [6.45, 7) is 7.15.